The van der Waals surface area contributed by atoms with Gasteiger partial charge in [0.05, 0.1) is 22.8 Å². The van der Waals surface area contributed by atoms with Gasteiger partial charge in [-0.05, 0) is 99.5 Å². The number of carbonyl (C=O) groups excluding carboxylic acids is 1. The maximum absolute atomic E-state index is 12.1. The highest BCUT2D eigenvalue weighted by molar-refractivity contribution is 5.95. The van der Waals surface area contributed by atoms with Crippen LogP contribution in [-0.4, -0.2) is 25.8 Å². The summed E-state index contributed by atoms with van der Waals surface area (Å²) in [5, 5.41) is 2.62. The maximum Gasteiger partial charge on any atom is 0.316 e. The lowest BCUT2D eigenvalue weighted by atomic mass is 10.0. The number of carbonyl (C=O) groups is 1. The summed E-state index contributed by atoms with van der Waals surface area (Å²) in [6.07, 6.45) is 4.68. The molecule has 0 saturated carbocycles. The first-order valence-corrected chi connectivity index (χ1v) is 11.9. The highest BCUT2D eigenvalue weighted by Crippen LogP contribution is 2.23. The first kappa shape index (κ1) is 22.7. The molecule has 0 fully saturated rings. The van der Waals surface area contributed by atoms with E-state index in [4.69, 9.17) is 19.9 Å². The fourth-order valence-corrected chi connectivity index (χ4v) is 4.45. The summed E-state index contributed by atoms with van der Waals surface area (Å²) in [5.41, 5.74) is 8.01. The molecule has 4 aromatic heterocycles. The van der Waals surface area contributed by atoms with E-state index in [1.165, 1.54) is 0 Å². The smallest absolute Gasteiger partial charge is 0.263 e. The van der Waals surface area contributed by atoms with Gasteiger partial charge < -0.3 is 0 Å². The van der Waals surface area contributed by atoms with Crippen LogP contribution in [0.2, 0.25) is 0 Å². The van der Waals surface area contributed by atoms with Crippen molar-refractivity contribution in [2.75, 3.05) is 0 Å². The maximum atomic E-state index is 12.1. The van der Waals surface area contributed by atoms with Crippen molar-refractivity contribution in [3.8, 4) is 22.8 Å². The fourth-order valence-electron chi connectivity index (χ4n) is 4.45. The van der Waals surface area contributed by atoms with Crippen molar-refractivity contribution in [1.29, 1.82) is 0 Å². The number of aromatic nitrogens is 4. The Labute approximate surface area is 203 Å². The third kappa shape index (κ3) is 5.35. The van der Waals surface area contributed by atoms with Crippen LogP contribution >= 0.6 is 0 Å². The predicted molar refractivity (Wildman–Crippen MR) is 134 cm³/mol. The zero-order valence-corrected chi connectivity index (χ0v) is 19.6. The van der Waals surface area contributed by atoms with Crippen LogP contribution in [0.1, 0.15) is 51.5 Å². The summed E-state index contributed by atoms with van der Waals surface area (Å²) in [7, 11) is 0. The quantitative estimate of drug-likeness (QED) is 0.347. The number of aryl methyl sites for hydroxylation is 5. The lowest BCUT2D eigenvalue weighted by Crippen LogP contribution is -2.04. The number of pyridine rings is 4. The number of nitroso groups, excluding NO2 is 1. The molecule has 0 aromatic carbocycles. The molecule has 5 rings (SSSR count). The van der Waals surface area contributed by atoms with Gasteiger partial charge in [-0.1, -0.05) is 12.1 Å². The summed E-state index contributed by atoms with van der Waals surface area (Å²) in [4.78, 5) is 42.4. The lowest BCUT2D eigenvalue weighted by Gasteiger charge is -2.11. The Bertz CT molecular complexity index is 1420. The normalized spacial score (nSPS) is 13.4. The molecule has 0 radical (unpaired) electrons. The molecule has 0 N–H and O–H groups in total. The van der Waals surface area contributed by atoms with E-state index >= 15 is 0 Å². The van der Waals surface area contributed by atoms with Crippen LogP contribution in [0.5, 0.6) is 0 Å². The van der Waals surface area contributed by atoms with Crippen molar-refractivity contribution in [2.45, 2.75) is 45.4 Å². The molecule has 1 aliphatic rings. The van der Waals surface area contributed by atoms with E-state index in [0.29, 0.717) is 17.8 Å². The van der Waals surface area contributed by atoms with Crippen molar-refractivity contribution in [3.63, 3.8) is 0 Å². The van der Waals surface area contributed by atoms with Crippen LogP contribution in [0.25, 0.3) is 22.8 Å². The van der Waals surface area contributed by atoms with Gasteiger partial charge in [0.1, 0.15) is 0 Å². The molecule has 0 spiro atoms. The van der Waals surface area contributed by atoms with Gasteiger partial charge in [0, 0.05) is 33.5 Å². The summed E-state index contributed by atoms with van der Waals surface area (Å²) >= 11 is 0. The molecule has 4 aromatic rings. The Morgan fingerprint density at radius 3 is 1.77 bits per heavy atom. The number of amides is 1. The van der Waals surface area contributed by atoms with Gasteiger partial charge in [-0.3, -0.25) is 24.7 Å². The van der Waals surface area contributed by atoms with Crippen molar-refractivity contribution < 1.29 is 4.79 Å². The standard InChI is InChI=1S/C28H25N5O2/c1-18-14-22-10-2-6-20-8-4-12-24(29-20)25-13-5-9-21(30-25)7-3-11-23-16-19(28(34)33-35)17-27(32-23)26(15-18)31-22/h4-5,8-9,12-17H,2-3,6-7,10-11H2,1H3. The van der Waals surface area contributed by atoms with Gasteiger partial charge in [-0.15, -0.1) is 4.91 Å². The Hall–Kier alpha value is -4.13. The topological polar surface area (TPSA) is 98.1 Å². The summed E-state index contributed by atoms with van der Waals surface area (Å²) < 4.78 is 0. The second-order valence-electron chi connectivity index (χ2n) is 8.89. The molecule has 7 nitrogen and oxygen atoms in total. The van der Waals surface area contributed by atoms with E-state index in [1.54, 1.807) is 12.1 Å². The molecular weight excluding hydrogens is 438 g/mol. The van der Waals surface area contributed by atoms with E-state index in [0.717, 1.165) is 71.8 Å². The van der Waals surface area contributed by atoms with Crippen LogP contribution in [0.15, 0.2) is 65.8 Å². The number of hydrogen-bond acceptors (Lipinski definition) is 6. The first-order valence-electron chi connectivity index (χ1n) is 11.9. The summed E-state index contributed by atoms with van der Waals surface area (Å²) in [5.74, 6) is -0.798. The summed E-state index contributed by atoms with van der Waals surface area (Å²) in [6.45, 7) is 2.02. The van der Waals surface area contributed by atoms with Gasteiger partial charge in [0.25, 0.3) is 0 Å². The van der Waals surface area contributed by atoms with Crippen LogP contribution < -0.4 is 0 Å². The van der Waals surface area contributed by atoms with Crippen molar-refractivity contribution in [1.82, 2.24) is 19.9 Å². The number of rotatable bonds is 1. The minimum atomic E-state index is -0.798. The predicted octanol–water partition coefficient (Wildman–Crippen LogP) is 5.48. The molecule has 0 atom stereocenters. The average molecular weight is 464 g/mol. The lowest BCUT2D eigenvalue weighted by molar-refractivity contribution is 0.100. The Balaban J connectivity index is 1.56. The van der Waals surface area contributed by atoms with E-state index in [9.17, 15) is 9.70 Å². The zero-order chi connectivity index (χ0) is 24.2. The second kappa shape index (κ2) is 10.0. The minimum absolute atomic E-state index is 0.240. The number of hydrogen-bond donors (Lipinski definition) is 0. The zero-order valence-electron chi connectivity index (χ0n) is 19.6. The van der Waals surface area contributed by atoms with E-state index < -0.39 is 5.91 Å². The first-order chi connectivity index (χ1) is 17.1. The largest absolute Gasteiger partial charge is 0.316 e. The molecule has 8 bridgehead atoms. The third-order valence-corrected chi connectivity index (χ3v) is 6.10. The fraction of sp³-hybridized carbons (Fsp3) is 0.250. The van der Waals surface area contributed by atoms with Crippen LogP contribution in [0.4, 0.5) is 0 Å². The van der Waals surface area contributed by atoms with Gasteiger partial charge in [0.15, 0.2) is 0 Å². The highest BCUT2D eigenvalue weighted by atomic mass is 16.3. The van der Waals surface area contributed by atoms with Gasteiger partial charge in [-0.25, -0.2) is 0 Å². The average Bonchev–Trinajstić information content (AvgIpc) is 2.88. The van der Waals surface area contributed by atoms with Crippen LogP contribution in [0.3, 0.4) is 0 Å². The monoisotopic (exact) mass is 463 g/mol. The Morgan fingerprint density at radius 2 is 1.17 bits per heavy atom. The molecule has 35 heavy (non-hydrogen) atoms. The minimum Gasteiger partial charge on any atom is -0.263 e. The molecule has 1 amide bonds. The van der Waals surface area contributed by atoms with E-state index in [-0.39, 0.29) is 5.56 Å². The molecule has 0 saturated heterocycles. The molecular formula is C28H25N5O2. The number of fused-ring (bicyclic) bond motifs is 10. The van der Waals surface area contributed by atoms with E-state index in [1.807, 2.05) is 43.3 Å². The van der Waals surface area contributed by atoms with Crippen molar-refractivity contribution in [3.05, 3.63) is 99.5 Å². The molecule has 7 heteroatoms. The SMILES string of the molecule is Cc1cc2nc(c1)-c1cc(C(=O)N=O)cc(n1)CCCc1cccc(n1)-c1cccc(n1)CCC2. The van der Waals surface area contributed by atoms with Gasteiger partial charge in [-0.2, -0.15) is 0 Å². The Morgan fingerprint density at radius 1 is 0.657 bits per heavy atom. The molecule has 5 heterocycles. The van der Waals surface area contributed by atoms with Crippen LogP contribution in [-0.2, 0) is 25.7 Å². The van der Waals surface area contributed by atoms with E-state index in [2.05, 4.69) is 17.3 Å². The third-order valence-electron chi connectivity index (χ3n) is 6.10. The molecule has 174 valence electrons. The molecule has 0 aliphatic carbocycles. The molecule has 1 aliphatic heterocycles. The number of nitrogens with zero attached hydrogens (tertiary/aromatic N) is 5. The van der Waals surface area contributed by atoms with Gasteiger partial charge >= 0.3 is 5.91 Å². The van der Waals surface area contributed by atoms with Crippen molar-refractivity contribution in [2.24, 2.45) is 5.18 Å². The van der Waals surface area contributed by atoms with Gasteiger partial charge in [0.2, 0.25) is 0 Å². The van der Waals surface area contributed by atoms with Crippen molar-refractivity contribution >= 4 is 5.91 Å². The molecule has 0 unspecified atom stereocenters. The van der Waals surface area contributed by atoms with Crippen LogP contribution in [0, 0.1) is 11.8 Å². The second-order valence-corrected chi connectivity index (χ2v) is 8.89. The Kier molecular flexibility index (Phi) is 6.48. The highest BCUT2D eigenvalue weighted by Gasteiger charge is 2.14. The summed E-state index contributed by atoms with van der Waals surface area (Å²) in [6, 6.07) is 19.4.